The number of hydrogen-bond acceptors (Lipinski definition) is 4. The van der Waals surface area contributed by atoms with Crippen LogP contribution in [0.15, 0.2) is 18.2 Å². The minimum absolute atomic E-state index is 0.0577. The van der Waals surface area contributed by atoms with Crippen LogP contribution in [-0.4, -0.2) is 34.5 Å². The van der Waals surface area contributed by atoms with E-state index in [1.54, 1.807) is 12.1 Å². The zero-order valence-electron chi connectivity index (χ0n) is 9.59. The Morgan fingerprint density at radius 1 is 1.47 bits per heavy atom. The molecule has 3 N–H and O–H groups in total. The van der Waals surface area contributed by atoms with E-state index in [0.29, 0.717) is 18.6 Å². The molecule has 0 spiro atoms. The molecular formula is C12H16O5. The number of aliphatic carboxylic acids is 1. The van der Waals surface area contributed by atoms with Crippen LogP contribution in [-0.2, 0) is 11.2 Å². The second kappa shape index (κ2) is 6.10. The molecule has 94 valence electrons. The SMILES string of the molecule is COc1cc(CC[C@H](O)CC(=O)O)ccc1O. The molecule has 5 heteroatoms. The molecule has 0 bridgehead atoms. The van der Waals surface area contributed by atoms with Crippen molar-refractivity contribution in [3.63, 3.8) is 0 Å². The van der Waals surface area contributed by atoms with E-state index < -0.39 is 12.1 Å². The molecule has 17 heavy (non-hydrogen) atoms. The number of methoxy groups -OCH3 is 1. The smallest absolute Gasteiger partial charge is 0.305 e. The fourth-order valence-electron chi connectivity index (χ4n) is 1.51. The van der Waals surface area contributed by atoms with Crippen LogP contribution < -0.4 is 4.74 Å². The molecule has 0 unspecified atom stereocenters. The largest absolute Gasteiger partial charge is 0.504 e. The van der Waals surface area contributed by atoms with Gasteiger partial charge in [-0.1, -0.05) is 6.07 Å². The van der Waals surface area contributed by atoms with Gasteiger partial charge in [0.1, 0.15) is 0 Å². The van der Waals surface area contributed by atoms with Gasteiger partial charge in [-0.15, -0.1) is 0 Å². The summed E-state index contributed by atoms with van der Waals surface area (Å²) in [6.45, 7) is 0. The molecule has 1 aromatic carbocycles. The van der Waals surface area contributed by atoms with Crippen molar-refractivity contribution in [2.24, 2.45) is 0 Å². The Morgan fingerprint density at radius 2 is 2.18 bits per heavy atom. The number of aliphatic hydroxyl groups excluding tert-OH is 1. The van der Waals surface area contributed by atoms with E-state index in [-0.39, 0.29) is 12.2 Å². The number of carboxylic acid groups (broad SMARTS) is 1. The van der Waals surface area contributed by atoms with Gasteiger partial charge in [-0.3, -0.25) is 4.79 Å². The lowest BCUT2D eigenvalue weighted by molar-refractivity contribution is -0.139. The molecule has 0 aliphatic carbocycles. The summed E-state index contributed by atoms with van der Waals surface area (Å²) >= 11 is 0. The summed E-state index contributed by atoms with van der Waals surface area (Å²) in [5, 5.41) is 27.3. The summed E-state index contributed by atoms with van der Waals surface area (Å²) in [6, 6.07) is 4.89. The van der Waals surface area contributed by atoms with Crippen molar-refractivity contribution in [3.05, 3.63) is 23.8 Å². The maximum Gasteiger partial charge on any atom is 0.305 e. The summed E-state index contributed by atoms with van der Waals surface area (Å²) in [5.74, 6) is -0.585. The first-order chi connectivity index (χ1) is 8.02. The van der Waals surface area contributed by atoms with Crippen LogP contribution in [0.1, 0.15) is 18.4 Å². The fraction of sp³-hybridized carbons (Fsp3) is 0.417. The molecule has 0 saturated carbocycles. The van der Waals surface area contributed by atoms with Gasteiger partial charge in [-0.25, -0.2) is 0 Å². The zero-order valence-corrected chi connectivity index (χ0v) is 9.59. The molecule has 1 rings (SSSR count). The molecule has 5 nitrogen and oxygen atoms in total. The highest BCUT2D eigenvalue weighted by molar-refractivity contribution is 5.67. The number of carbonyl (C=O) groups is 1. The van der Waals surface area contributed by atoms with E-state index >= 15 is 0 Å². The third-order valence-electron chi connectivity index (χ3n) is 2.42. The van der Waals surface area contributed by atoms with Crippen LogP contribution >= 0.6 is 0 Å². The number of hydrogen-bond donors (Lipinski definition) is 3. The Balaban J connectivity index is 2.54. The van der Waals surface area contributed by atoms with Crippen molar-refractivity contribution in [2.45, 2.75) is 25.4 Å². The van der Waals surface area contributed by atoms with Crippen molar-refractivity contribution in [2.75, 3.05) is 7.11 Å². The molecule has 0 heterocycles. The summed E-state index contributed by atoms with van der Waals surface area (Å²) in [4.78, 5) is 10.4. The Morgan fingerprint density at radius 3 is 2.76 bits per heavy atom. The van der Waals surface area contributed by atoms with Crippen molar-refractivity contribution >= 4 is 5.97 Å². The van der Waals surface area contributed by atoms with Crippen LogP contribution in [0.4, 0.5) is 0 Å². The minimum Gasteiger partial charge on any atom is -0.504 e. The molecule has 0 fully saturated rings. The van der Waals surface area contributed by atoms with Crippen LogP contribution in [0.25, 0.3) is 0 Å². The van der Waals surface area contributed by atoms with E-state index in [2.05, 4.69) is 0 Å². The van der Waals surface area contributed by atoms with Gasteiger partial charge in [-0.2, -0.15) is 0 Å². The third-order valence-corrected chi connectivity index (χ3v) is 2.42. The first-order valence-electron chi connectivity index (χ1n) is 5.28. The Hall–Kier alpha value is -1.75. The second-order valence-electron chi connectivity index (χ2n) is 3.80. The Bertz CT molecular complexity index is 388. The average molecular weight is 240 g/mol. The fourth-order valence-corrected chi connectivity index (χ4v) is 1.51. The number of aromatic hydroxyl groups is 1. The Kier molecular flexibility index (Phi) is 4.78. The van der Waals surface area contributed by atoms with Crippen LogP contribution in [0.2, 0.25) is 0 Å². The summed E-state index contributed by atoms with van der Waals surface area (Å²) in [6.07, 6.45) is -0.215. The first-order valence-corrected chi connectivity index (χ1v) is 5.28. The van der Waals surface area contributed by atoms with Crippen LogP contribution in [0.3, 0.4) is 0 Å². The van der Waals surface area contributed by atoms with Gasteiger partial charge in [0.25, 0.3) is 0 Å². The number of ether oxygens (including phenoxy) is 1. The highest BCUT2D eigenvalue weighted by Crippen LogP contribution is 2.26. The maximum atomic E-state index is 10.4. The highest BCUT2D eigenvalue weighted by Gasteiger charge is 2.10. The van der Waals surface area contributed by atoms with E-state index in [4.69, 9.17) is 9.84 Å². The van der Waals surface area contributed by atoms with E-state index in [0.717, 1.165) is 5.56 Å². The first kappa shape index (κ1) is 13.3. The lowest BCUT2D eigenvalue weighted by Crippen LogP contribution is -2.13. The normalized spacial score (nSPS) is 12.1. The maximum absolute atomic E-state index is 10.4. The van der Waals surface area contributed by atoms with Gasteiger partial charge < -0.3 is 20.1 Å². The van der Waals surface area contributed by atoms with Crippen molar-refractivity contribution in [1.29, 1.82) is 0 Å². The molecule has 1 aromatic rings. The number of benzene rings is 1. The molecule has 0 amide bonds. The molecule has 0 aliphatic rings. The average Bonchev–Trinajstić information content (AvgIpc) is 2.27. The standard InChI is InChI=1S/C12H16O5/c1-17-11-6-8(3-5-10(11)14)2-4-9(13)7-12(15)16/h3,5-6,9,13-14H,2,4,7H2,1H3,(H,15,16)/t9-/m0/s1. The Labute approximate surface area is 99.3 Å². The predicted octanol–water partition coefficient (Wildman–Crippen LogP) is 1.17. The van der Waals surface area contributed by atoms with Gasteiger partial charge in [0.2, 0.25) is 0 Å². The number of aliphatic hydroxyl groups is 1. The van der Waals surface area contributed by atoms with Crippen LogP contribution in [0, 0.1) is 0 Å². The summed E-state index contributed by atoms with van der Waals surface area (Å²) < 4.78 is 4.95. The van der Waals surface area contributed by atoms with Gasteiger partial charge in [-0.05, 0) is 30.5 Å². The van der Waals surface area contributed by atoms with Crippen molar-refractivity contribution < 1.29 is 24.9 Å². The van der Waals surface area contributed by atoms with Crippen molar-refractivity contribution in [1.82, 2.24) is 0 Å². The summed E-state index contributed by atoms with van der Waals surface area (Å²) in [5.41, 5.74) is 0.879. The van der Waals surface area contributed by atoms with Gasteiger partial charge in [0.05, 0.1) is 19.6 Å². The van der Waals surface area contributed by atoms with E-state index in [9.17, 15) is 15.0 Å². The summed E-state index contributed by atoms with van der Waals surface area (Å²) in [7, 11) is 1.46. The monoisotopic (exact) mass is 240 g/mol. The van der Waals surface area contributed by atoms with Gasteiger partial charge >= 0.3 is 5.97 Å². The highest BCUT2D eigenvalue weighted by atomic mass is 16.5. The molecule has 0 saturated heterocycles. The molecule has 0 aromatic heterocycles. The number of aryl methyl sites for hydroxylation is 1. The molecule has 1 atom stereocenters. The minimum atomic E-state index is -1.01. The number of phenolic OH excluding ortho intramolecular Hbond substituents is 1. The number of carboxylic acids is 1. The molecule has 0 aliphatic heterocycles. The number of rotatable bonds is 6. The molecule has 0 radical (unpaired) electrons. The van der Waals surface area contributed by atoms with E-state index in [1.165, 1.54) is 13.2 Å². The predicted molar refractivity (Wildman–Crippen MR) is 61.2 cm³/mol. The number of phenols is 1. The van der Waals surface area contributed by atoms with Gasteiger partial charge in [0, 0.05) is 0 Å². The van der Waals surface area contributed by atoms with E-state index in [1.807, 2.05) is 0 Å². The van der Waals surface area contributed by atoms with Crippen molar-refractivity contribution in [3.8, 4) is 11.5 Å². The third kappa shape index (κ3) is 4.32. The zero-order chi connectivity index (χ0) is 12.8. The lowest BCUT2D eigenvalue weighted by Gasteiger charge is -2.09. The topological polar surface area (TPSA) is 87.0 Å². The second-order valence-corrected chi connectivity index (χ2v) is 3.80. The van der Waals surface area contributed by atoms with Gasteiger partial charge in [0.15, 0.2) is 11.5 Å². The molecular weight excluding hydrogens is 224 g/mol. The quantitative estimate of drug-likeness (QED) is 0.694. The van der Waals surface area contributed by atoms with Crippen LogP contribution in [0.5, 0.6) is 11.5 Å². The lowest BCUT2D eigenvalue weighted by atomic mass is 10.0.